The summed E-state index contributed by atoms with van der Waals surface area (Å²) in [6.45, 7) is 7.17. The molecule has 2 aromatic rings. The number of nitrogens with zero attached hydrogens (tertiary/aromatic N) is 3. The molecule has 0 aliphatic carbocycles. The minimum atomic E-state index is -0.279. The van der Waals surface area contributed by atoms with Crippen molar-refractivity contribution in [3.8, 4) is 5.75 Å². The molecule has 0 N–H and O–H groups in total. The molecule has 32 heavy (non-hydrogen) atoms. The standard InChI is InChI=1S/C23H25N3O4.C2H6/c1-17-7-9-20(10-8-17)30-16-22(28)24-13-11-18(12-14-24)25-15-21(27)26(23(25)29)19-5-3-2-4-6-19;1-2/h2-10,18H,11-16H2,1H3;1-2H3. The average molecular weight is 438 g/mol. The van der Waals surface area contributed by atoms with E-state index >= 15 is 0 Å². The summed E-state index contributed by atoms with van der Waals surface area (Å²) < 4.78 is 5.59. The fourth-order valence-electron chi connectivity index (χ4n) is 3.93. The Morgan fingerprint density at radius 1 is 0.969 bits per heavy atom. The quantitative estimate of drug-likeness (QED) is 0.666. The van der Waals surface area contributed by atoms with Crippen LogP contribution in [-0.4, -0.2) is 59.9 Å². The van der Waals surface area contributed by atoms with Crippen molar-refractivity contribution in [2.75, 3.05) is 31.1 Å². The van der Waals surface area contributed by atoms with Gasteiger partial charge in [0.25, 0.3) is 11.8 Å². The van der Waals surface area contributed by atoms with Crippen LogP contribution in [0.25, 0.3) is 0 Å². The van der Waals surface area contributed by atoms with Crippen LogP contribution in [0.15, 0.2) is 54.6 Å². The summed E-state index contributed by atoms with van der Waals surface area (Å²) in [5.74, 6) is 0.394. The highest BCUT2D eigenvalue weighted by molar-refractivity contribution is 6.19. The number of hydrogen-bond acceptors (Lipinski definition) is 4. The number of benzene rings is 2. The van der Waals surface area contributed by atoms with Gasteiger partial charge in [0, 0.05) is 19.1 Å². The summed E-state index contributed by atoms with van der Waals surface area (Å²) in [6.07, 6.45) is 1.30. The Balaban J connectivity index is 0.00000141. The lowest BCUT2D eigenvalue weighted by Gasteiger charge is -2.36. The molecule has 4 rings (SSSR count). The molecule has 0 bridgehead atoms. The van der Waals surface area contributed by atoms with E-state index in [1.807, 2.05) is 51.1 Å². The van der Waals surface area contributed by atoms with E-state index in [1.54, 1.807) is 34.1 Å². The van der Waals surface area contributed by atoms with Gasteiger partial charge in [0.1, 0.15) is 12.3 Å². The van der Waals surface area contributed by atoms with Crippen LogP contribution in [0.5, 0.6) is 5.75 Å². The molecule has 2 aliphatic heterocycles. The highest BCUT2D eigenvalue weighted by Crippen LogP contribution is 2.26. The molecule has 4 amide bonds. The minimum absolute atomic E-state index is 0.00333. The van der Waals surface area contributed by atoms with Crippen LogP contribution in [0.4, 0.5) is 10.5 Å². The second kappa shape index (κ2) is 10.8. The molecule has 7 nitrogen and oxygen atoms in total. The number of amides is 4. The third kappa shape index (κ3) is 5.28. The predicted octanol–water partition coefficient (Wildman–Crippen LogP) is 3.86. The summed E-state index contributed by atoms with van der Waals surface area (Å²) in [6, 6.07) is 16.2. The van der Waals surface area contributed by atoms with Gasteiger partial charge in [0.15, 0.2) is 6.61 Å². The monoisotopic (exact) mass is 437 g/mol. The molecule has 0 saturated carbocycles. The second-order valence-electron chi connectivity index (χ2n) is 7.69. The molecule has 2 saturated heterocycles. The summed E-state index contributed by atoms with van der Waals surface area (Å²) in [4.78, 5) is 42.4. The highest BCUT2D eigenvalue weighted by atomic mass is 16.5. The molecule has 170 valence electrons. The van der Waals surface area contributed by atoms with Crippen LogP contribution in [0, 0.1) is 6.92 Å². The van der Waals surface area contributed by atoms with Crippen molar-refractivity contribution in [2.24, 2.45) is 0 Å². The molecular formula is C25H31N3O4. The summed E-state index contributed by atoms with van der Waals surface area (Å²) >= 11 is 0. The zero-order chi connectivity index (χ0) is 23.1. The number of ether oxygens (including phenoxy) is 1. The van der Waals surface area contributed by atoms with Gasteiger partial charge in [0.05, 0.1) is 5.69 Å². The molecule has 0 atom stereocenters. The van der Waals surface area contributed by atoms with Gasteiger partial charge >= 0.3 is 6.03 Å². The van der Waals surface area contributed by atoms with Gasteiger partial charge in [-0.3, -0.25) is 9.59 Å². The first-order chi connectivity index (χ1) is 15.5. The van der Waals surface area contributed by atoms with E-state index in [9.17, 15) is 14.4 Å². The maximum atomic E-state index is 12.8. The molecule has 2 aromatic carbocycles. The van der Waals surface area contributed by atoms with Crippen molar-refractivity contribution in [1.29, 1.82) is 0 Å². The number of piperidine rings is 1. The van der Waals surface area contributed by atoms with Crippen LogP contribution < -0.4 is 9.64 Å². The fraction of sp³-hybridized carbons (Fsp3) is 0.400. The third-order valence-electron chi connectivity index (χ3n) is 5.65. The van der Waals surface area contributed by atoms with E-state index in [0.29, 0.717) is 37.4 Å². The van der Waals surface area contributed by atoms with Crippen molar-refractivity contribution in [3.63, 3.8) is 0 Å². The van der Waals surface area contributed by atoms with Gasteiger partial charge in [-0.15, -0.1) is 0 Å². The molecule has 2 fully saturated rings. The largest absolute Gasteiger partial charge is 0.484 e. The van der Waals surface area contributed by atoms with Crippen LogP contribution >= 0.6 is 0 Å². The Hall–Kier alpha value is -3.35. The number of urea groups is 1. The summed E-state index contributed by atoms with van der Waals surface area (Å²) in [5, 5.41) is 0. The van der Waals surface area contributed by atoms with Crippen LogP contribution in [0.2, 0.25) is 0 Å². The lowest BCUT2D eigenvalue weighted by Crippen LogP contribution is -2.49. The van der Waals surface area contributed by atoms with Crippen molar-refractivity contribution in [1.82, 2.24) is 9.80 Å². The first kappa shape index (κ1) is 23.3. The van der Waals surface area contributed by atoms with E-state index < -0.39 is 0 Å². The van der Waals surface area contributed by atoms with Crippen molar-refractivity contribution in [2.45, 2.75) is 39.7 Å². The number of carbonyl (C=O) groups excluding carboxylic acids is 3. The first-order valence-electron chi connectivity index (χ1n) is 11.2. The molecule has 0 aromatic heterocycles. The first-order valence-corrected chi connectivity index (χ1v) is 11.2. The van der Waals surface area contributed by atoms with Gasteiger partial charge in [-0.05, 0) is 44.0 Å². The maximum Gasteiger partial charge on any atom is 0.332 e. The topological polar surface area (TPSA) is 70.2 Å². The molecule has 7 heteroatoms. The Bertz CT molecular complexity index is 922. The molecular weight excluding hydrogens is 406 g/mol. The Labute approximate surface area is 189 Å². The van der Waals surface area contributed by atoms with Crippen molar-refractivity contribution < 1.29 is 19.1 Å². The number of rotatable bonds is 5. The number of carbonyl (C=O) groups is 3. The van der Waals surface area contributed by atoms with Gasteiger partial charge < -0.3 is 14.5 Å². The van der Waals surface area contributed by atoms with Crippen molar-refractivity contribution in [3.05, 3.63) is 60.2 Å². The van der Waals surface area contributed by atoms with Crippen LogP contribution in [0.1, 0.15) is 32.3 Å². The predicted molar refractivity (Wildman–Crippen MR) is 124 cm³/mol. The number of aryl methyl sites for hydroxylation is 1. The molecule has 2 heterocycles. The van der Waals surface area contributed by atoms with Crippen LogP contribution in [0.3, 0.4) is 0 Å². The van der Waals surface area contributed by atoms with Gasteiger partial charge in [-0.25, -0.2) is 9.69 Å². The van der Waals surface area contributed by atoms with Gasteiger partial charge in [-0.2, -0.15) is 0 Å². The maximum absolute atomic E-state index is 12.8. The zero-order valence-electron chi connectivity index (χ0n) is 19.0. The smallest absolute Gasteiger partial charge is 0.332 e. The SMILES string of the molecule is CC.Cc1ccc(OCC(=O)N2CCC(N3CC(=O)N(c4ccccc4)C3=O)CC2)cc1. The Morgan fingerprint density at radius 3 is 2.22 bits per heavy atom. The number of anilines is 1. The molecule has 0 spiro atoms. The fourth-order valence-corrected chi connectivity index (χ4v) is 3.93. The van der Waals surface area contributed by atoms with Crippen molar-refractivity contribution >= 4 is 23.5 Å². The minimum Gasteiger partial charge on any atom is -0.484 e. The number of likely N-dealkylation sites (tertiary alicyclic amines) is 1. The molecule has 0 radical (unpaired) electrons. The Morgan fingerprint density at radius 2 is 1.59 bits per heavy atom. The van der Waals surface area contributed by atoms with Gasteiger partial charge in [0.2, 0.25) is 0 Å². The van der Waals surface area contributed by atoms with E-state index in [4.69, 9.17) is 4.74 Å². The summed E-state index contributed by atoms with van der Waals surface area (Å²) in [5.41, 5.74) is 1.73. The van der Waals surface area contributed by atoms with Crippen LogP contribution in [-0.2, 0) is 9.59 Å². The Kier molecular flexibility index (Phi) is 7.87. The second-order valence-corrected chi connectivity index (χ2v) is 7.69. The lowest BCUT2D eigenvalue weighted by atomic mass is 10.0. The molecule has 0 unspecified atom stereocenters. The number of hydrogen-bond donors (Lipinski definition) is 0. The van der Waals surface area contributed by atoms with E-state index in [0.717, 1.165) is 5.56 Å². The van der Waals surface area contributed by atoms with Gasteiger partial charge in [-0.1, -0.05) is 49.7 Å². The van der Waals surface area contributed by atoms with E-state index in [1.165, 1.54) is 4.90 Å². The lowest BCUT2D eigenvalue weighted by molar-refractivity contribution is -0.134. The van der Waals surface area contributed by atoms with E-state index in [-0.39, 0.29) is 37.0 Å². The number of imide groups is 1. The number of para-hydroxylation sites is 1. The third-order valence-corrected chi connectivity index (χ3v) is 5.65. The normalized spacial score (nSPS) is 16.7. The zero-order valence-corrected chi connectivity index (χ0v) is 19.0. The van der Waals surface area contributed by atoms with E-state index in [2.05, 4.69) is 0 Å². The average Bonchev–Trinajstić information content (AvgIpc) is 3.14. The molecule has 2 aliphatic rings. The highest BCUT2D eigenvalue weighted by Gasteiger charge is 2.41. The summed E-state index contributed by atoms with van der Waals surface area (Å²) in [7, 11) is 0.